The molecule has 28 heavy (non-hydrogen) atoms. The maximum Gasteiger partial charge on any atom is 0.322 e. The minimum atomic E-state index is -0.887. The molecule has 2 aliphatic rings. The van der Waals surface area contributed by atoms with Gasteiger partial charge in [0.1, 0.15) is 16.9 Å². The summed E-state index contributed by atoms with van der Waals surface area (Å²) in [5.74, 6) is 0.677. The van der Waals surface area contributed by atoms with Crippen LogP contribution in [0.15, 0.2) is 28.7 Å². The molecule has 1 unspecified atom stereocenters. The first kappa shape index (κ1) is 18.5. The van der Waals surface area contributed by atoms with Gasteiger partial charge in [0, 0.05) is 30.5 Å². The Balaban J connectivity index is 1.44. The van der Waals surface area contributed by atoms with Gasteiger partial charge < -0.3 is 14.6 Å². The van der Waals surface area contributed by atoms with Gasteiger partial charge in [-0.25, -0.2) is 4.79 Å². The Morgan fingerprint density at radius 2 is 1.96 bits per heavy atom. The summed E-state index contributed by atoms with van der Waals surface area (Å²) < 4.78 is 5.90. The first-order chi connectivity index (χ1) is 13.4. The van der Waals surface area contributed by atoms with Gasteiger partial charge in [-0.2, -0.15) is 0 Å². The number of furan rings is 1. The maximum atomic E-state index is 12.9. The number of para-hydroxylation sites is 1. The van der Waals surface area contributed by atoms with Crippen LogP contribution >= 0.6 is 0 Å². The van der Waals surface area contributed by atoms with Gasteiger partial charge in [0.25, 0.3) is 5.91 Å². The van der Waals surface area contributed by atoms with Gasteiger partial charge >= 0.3 is 6.03 Å². The smallest absolute Gasteiger partial charge is 0.322 e. The van der Waals surface area contributed by atoms with E-state index in [4.69, 9.17) is 4.42 Å². The second-order valence-corrected chi connectivity index (χ2v) is 7.80. The molecular weight excluding hydrogens is 358 g/mol. The zero-order chi connectivity index (χ0) is 19.9. The maximum absolute atomic E-state index is 12.9. The second kappa shape index (κ2) is 6.96. The van der Waals surface area contributed by atoms with Crippen molar-refractivity contribution in [3.05, 3.63) is 35.6 Å². The van der Waals surface area contributed by atoms with E-state index in [0.29, 0.717) is 32.4 Å². The fraction of sp³-hybridized carbons (Fsp3) is 0.476. The Kier molecular flexibility index (Phi) is 4.61. The third-order valence-electron chi connectivity index (χ3n) is 6.17. The van der Waals surface area contributed by atoms with Crippen molar-refractivity contribution in [1.82, 2.24) is 15.5 Å². The number of imide groups is 1. The average Bonchev–Trinajstić information content (AvgIpc) is 3.18. The van der Waals surface area contributed by atoms with E-state index in [1.54, 1.807) is 6.92 Å². The van der Waals surface area contributed by atoms with Crippen LogP contribution < -0.4 is 10.6 Å². The van der Waals surface area contributed by atoms with Gasteiger partial charge in [-0.15, -0.1) is 0 Å². The number of hydrogen-bond acceptors (Lipinski definition) is 4. The van der Waals surface area contributed by atoms with Crippen molar-refractivity contribution in [2.24, 2.45) is 5.92 Å². The highest BCUT2D eigenvalue weighted by molar-refractivity contribution is 6.07. The summed E-state index contributed by atoms with van der Waals surface area (Å²) in [6.45, 7) is 4.96. The fourth-order valence-corrected chi connectivity index (χ4v) is 4.44. The summed E-state index contributed by atoms with van der Waals surface area (Å²) >= 11 is 0. The number of urea groups is 1. The van der Waals surface area contributed by atoms with Gasteiger partial charge in [-0.3, -0.25) is 14.9 Å². The first-order valence-electron chi connectivity index (χ1n) is 9.83. The average molecular weight is 383 g/mol. The minimum Gasteiger partial charge on any atom is -0.461 e. The molecule has 1 atom stereocenters. The number of nitrogens with one attached hydrogen (secondary N) is 2. The number of carbonyl (C=O) groups is 3. The van der Waals surface area contributed by atoms with Crippen LogP contribution in [0.3, 0.4) is 0 Å². The van der Waals surface area contributed by atoms with Crippen molar-refractivity contribution in [2.75, 3.05) is 13.1 Å². The lowest BCUT2D eigenvalue weighted by molar-refractivity contribution is -0.133. The standard InChI is InChI=1S/C21H25N3O4/c1-3-16-15(14-6-4-5-7-17(14)28-16)12-18(25)24-10-8-13(9-11-24)21(2)19(26)22-20(27)23-21/h4-7,13H,3,8-12H2,1-2H3,(H2,22,23,26,27). The Bertz CT molecular complexity index is 942. The highest BCUT2D eigenvalue weighted by Crippen LogP contribution is 2.32. The molecule has 0 saturated carbocycles. The Morgan fingerprint density at radius 3 is 2.61 bits per heavy atom. The number of carbonyl (C=O) groups excluding carboxylic acids is 3. The van der Waals surface area contributed by atoms with Crippen LogP contribution in [0.1, 0.15) is 38.0 Å². The summed E-state index contributed by atoms with van der Waals surface area (Å²) in [5.41, 5.74) is 0.902. The lowest BCUT2D eigenvalue weighted by Gasteiger charge is -2.38. The molecule has 2 fully saturated rings. The largest absolute Gasteiger partial charge is 0.461 e. The van der Waals surface area contributed by atoms with Crippen LogP contribution in [0.4, 0.5) is 4.79 Å². The van der Waals surface area contributed by atoms with Gasteiger partial charge in [-0.05, 0) is 31.7 Å². The van der Waals surface area contributed by atoms with Crippen LogP contribution in [-0.2, 0) is 22.4 Å². The second-order valence-electron chi connectivity index (χ2n) is 7.80. The SMILES string of the molecule is CCc1oc2ccccc2c1CC(=O)N1CCC(C2(C)NC(=O)NC2=O)CC1. The van der Waals surface area contributed by atoms with Crippen LogP contribution in [0.25, 0.3) is 11.0 Å². The minimum absolute atomic E-state index is 0.0176. The quantitative estimate of drug-likeness (QED) is 0.793. The molecule has 4 rings (SSSR count). The summed E-state index contributed by atoms with van der Waals surface area (Å²) in [6, 6.07) is 7.37. The van der Waals surface area contributed by atoms with Crippen molar-refractivity contribution in [3.63, 3.8) is 0 Å². The van der Waals surface area contributed by atoms with Crippen LogP contribution in [0.5, 0.6) is 0 Å². The summed E-state index contributed by atoms with van der Waals surface area (Å²) in [5, 5.41) is 6.07. The molecule has 2 aromatic rings. The van der Waals surface area contributed by atoms with Gasteiger partial charge in [0.05, 0.1) is 6.42 Å². The lowest BCUT2D eigenvalue weighted by Crippen LogP contribution is -2.54. The summed E-state index contributed by atoms with van der Waals surface area (Å²) in [6.07, 6.45) is 2.43. The van der Waals surface area contributed by atoms with E-state index < -0.39 is 11.6 Å². The molecular formula is C21H25N3O4. The molecule has 3 heterocycles. The third kappa shape index (κ3) is 3.04. The predicted octanol–water partition coefficient (Wildman–Crippen LogP) is 2.37. The molecule has 148 valence electrons. The molecule has 2 N–H and O–H groups in total. The van der Waals surface area contributed by atoms with Crippen molar-refractivity contribution in [1.29, 1.82) is 0 Å². The highest BCUT2D eigenvalue weighted by Gasteiger charge is 2.48. The molecule has 0 radical (unpaired) electrons. The normalized spacial score (nSPS) is 23.1. The summed E-state index contributed by atoms with van der Waals surface area (Å²) in [7, 11) is 0. The summed E-state index contributed by atoms with van der Waals surface area (Å²) in [4.78, 5) is 38.4. The Morgan fingerprint density at radius 1 is 1.25 bits per heavy atom. The molecule has 0 spiro atoms. The van der Waals surface area contributed by atoms with Crippen LogP contribution in [-0.4, -0.2) is 41.4 Å². The van der Waals surface area contributed by atoms with E-state index in [1.165, 1.54) is 0 Å². The van der Waals surface area contributed by atoms with Crippen molar-refractivity contribution >= 4 is 28.8 Å². The van der Waals surface area contributed by atoms with E-state index >= 15 is 0 Å². The van der Waals surface area contributed by atoms with E-state index in [-0.39, 0.29) is 17.7 Å². The fourth-order valence-electron chi connectivity index (χ4n) is 4.44. The molecule has 0 bridgehead atoms. The van der Waals surface area contributed by atoms with Gasteiger partial charge in [0.15, 0.2) is 0 Å². The predicted molar refractivity (Wildman–Crippen MR) is 104 cm³/mol. The zero-order valence-corrected chi connectivity index (χ0v) is 16.2. The van der Waals surface area contributed by atoms with Crippen molar-refractivity contribution in [2.45, 2.75) is 45.1 Å². The van der Waals surface area contributed by atoms with Crippen LogP contribution in [0.2, 0.25) is 0 Å². The number of piperidine rings is 1. The number of hydrogen-bond donors (Lipinski definition) is 2. The van der Waals surface area contributed by atoms with Crippen molar-refractivity contribution < 1.29 is 18.8 Å². The molecule has 7 heteroatoms. The first-order valence-corrected chi connectivity index (χ1v) is 9.83. The molecule has 4 amide bonds. The number of benzene rings is 1. The molecule has 1 aromatic carbocycles. The van der Waals surface area contributed by atoms with E-state index in [2.05, 4.69) is 10.6 Å². The van der Waals surface area contributed by atoms with Gasteiger partial charge in [0.2, 0.25) is 5.91 Å². The number of aryl methyl sites for hydroxylation is 1. The lowest BCUT2D eigenvalue weighted by atomic mass is 9.79. The number of rotatable bonds is 4. The molecule has 0 aliphatic carbocycles. The monoisotopic (exact) mass is 383 g/mol. The number of fused-ring (bicyclic) bond motifs is 1. The van der Waals surface area contributed by atoms with E-state index in [0.717, 1.165) is 28.7 Å². The highest BCUT2D eigenvalue weighted by atomic mass is 16.3. The molecule has 7 nitrogen and oxygen atoms in total. The van der Waals surface area contributed by atoms with Gasteiger partial charge in [-0.1, -0.05) is 25.1 Å². The third-order valence-corrected chi connectivity index (χ3v) is 6.17. The Labute approximate surface area is 163 Å². The number of nitrogens with zero attached hydrogens (tertiary/aromatic N) is 1. The Hall–Kier alpha value is -2.83. The van der Waals surface area contributed by atoms with Crippen LogP contribution in [0, 0.1) is 5.92 Å². The molecule has 2 aliphatic heterocycles. The number of amides is 4. The molecule has 2 saturated heterocycles. The van der Waals surface area contributed by atoms with E-state index in [9.17, 15) is 14.4 Å². The van der Waals surface area contributed by atoms with E-state index in [1.807, 2.05) is 36.1 Å². The number of likely N-dealkylation sites (tertiary alicyclic amines) is 1. The van der Waals surface area contributed by atoms with Crippen molar-refractivity contribution in [3.8, 4) is 0 Å². The topological polar surface area (TPSA) is 91.7 Å². The molecule has 1 aromatic heterocycles. The zero-order valence-electron chi connectivity index (χ0n) is 16.2.